The number of amides is 9. The van der Waals surface area contributed by atoms with Gasteiger partial charge >= 0.3 is 0 Å². The van der Waals surface area contributed by atoms with Crippen LogP contribution in [-0.2, 0) is 62.4 Å². The van der Waals surface area contributed by atoms with Gasteiger partial charge in [0.25, 0.3) is 35.4 Å². The highest BCUT2D eigenvalue weighted by Gasteiger charge is 2.30. The summed E-state index contributed by atoms with van der Waals surface area (Å²) in [6, 6.07) is 29.8. The molecule has 0 bridgehead atoms. The van der Waals surface area contributed by atoms with Gasteiger partial charge < -0.3 is 16.0 Å². The first-order valence-corrected chi connectivity index (χ1v) is 25.8. The molecule has 9 amide bonds. The van der Waals surface area contributed by atoms with Crippen molar-refractivity contribution in [3.8, 4) is 0 Å². The minimum atomic E-state index is -0.324. The van der Waals surface area contributed by atoms with Gasteiger partial charge in [0.1, 0.15) is 0 Å². The molecule has 3 N–H and O–H groups in total. The standard InChI is InChI=1S/3C20H26N2O3/c3*1-20(2,3)14-16(13-15-7-5-4-6-8-15)19(25)21-11-12-22-17(23)9-10-18(22)24/h3*4-10,16H,11-14H2,1-3H3,(H,21,25)/t2*16-;/m10./s1. The number of hydrogen-bond acceptors (Lipinski definition) is 9. The maximum absolute atomic E-state index is 12.6. The van der Waals surface area contributed by atoms with Crippen LogP contribution < -0.4 is 16.0 Å². The molecule has 0 aliphatic carbocycles. The molecule has 0 aromatic heterocycles. The fourth-order valence-corrected chi connectivity index (χ4v) is 8.95. The zero-order valence-electron chi connectivity index (χ0n) is 45.4. The summed E-state index contributed by atoms with van der Waals surface area (Å²) >= 11 is 0. The lowest BCUT2D eigenvalue weighted by Crippen LogP contribution is -2.41. The van der Waals surface area contributed by atoms with Crippen molar-refractivity contribution in [2.45, 2.75) is 101 Å². The van der Waals surface area contributed by atoms with Gasteiger partial charge in [-0.15, -0.1) is 0 Å². The Labute approximate surface area is 443 Å². The maximum Gasteiger partial charge on any atom is 0.253 e. The van der Waals surface area contributed by atoms with Crippen molar-refractivity contribution in [1.29, 1.82) is 0 Å². The van der Waals surface area contributed by atoms with Crippen LogP contribution in [0.3, 0.4) is 0 Å². The van der Waals surface area contributed by atoms with E-state index in [0.29, 0.717) is 19.3 Å². The van der Waals surface area contributed by atoms with E-state index in [9.17, 15) is 43.2 Å². The zero-order valence-corrected chi connectivity index (χ0v) is 45.4. The van der Waals surface area contributed by atoms with Crippen LogP contribution in [0.4, 0.5) is 0 Å². The minimum absolute atomic E-state index is 0.0294. The molecule has 3 heterocycles. The van der Waals surface area contributed by atoms with Gasteiger partial charge in [0.05, 0.1) is 0 Å². The average Bonchev–Trinajstić information content (AvgIpc) is 3.96. The van der Waals surface area contributed by atoms with Crippen LogP contribution >= 0.6 is 0 Å². The fourth-order valence-electron chi connectivity index (χ4n) is 8.95. The number of nitrogens with one attached hydrogen (secondary N) is 3. The third-order valence-electron chi connectivity index (χ3n) is 12.3. The van der Waals surface area contributed by atoms with Crippen molar-refractivity contribution in [3.63, 3.8) is 0 Å². The van der Waals surface area contributed by atoms with E-state index >= 15 is 0 Å². The van der Waals surface area contributed by atoms with Crippen molar-refractivity contribution < 1.29 is 43.2 Å². The van der Waals surface area contributed by atoms with Crippen LogP contribution in [0.15, 0.2) is 127 Å². The summed E-state index contributed by atoms with van der Waals surface area (Å²) in [5, 5.41) is 8.64. The summed E-state index contributed by atoms with van der Waals surface area (Å²) in [6.45, 7) is 20.5. The van der Waals surface area contributed by atoms with E-state index < -0.39 is 0 Å². The Kier molecular flexibility index (Phi) is 22.8. The van der Waals surface area contributed by atoms with Crippen molar-refractivity contribution in [1.82, 2.24) is 30.7 Å². The van der Waals surface area contributed by atoms with E-state index in [1.165, 1.54) is 36.5 Å². The molecule has 0 saturated carbocycles. The van der Waals surface area contributed by atoms with E-state index in [4.69, 9.17) is 0 Å². The van der Waals surface area contributed by atoms with Crippen LogP contribution in [0.25, 0.3) is 0 Å². The molecule has 3 aliphatic rings. The van der Waals surface area contributed by atoms with Gasteiger partial charge in [-0.3, -0.25) is 57.9 Å². The number of rotatable bonds is 21. The molecule has 3 aliphatic heterocycles. The average molecular weight is 1030 g/mol. The van der Waals surface area contributed by atoms with Gasteiger partial charge in [-0.25, -0.2) is 0 Å². The van der Waals surface area contributed by atoms with E-state index in [0.717, 1.165) is 50.7 Å². The van der Waals surface area contributed by atoms with Crippen molar-refractivity contribution in [2.75, 3.05) is 39.3 Å². The number of hydrogen-bond donors (Lipinski definition) is 3. The van der Waals surface area contributed by atoms with Crippen LogP contribution in [0.2, 0.25) is 0 Å². The highest BCUT2D eigenvalue weighted by molar-refractivity contribution is 6.14. The summed E-state index contributed by atoms with van der Waals surface area (Å²) in [5.74, 6) is -2.50. The summed E-state index contributed by atoms with van der Waals surface area (Å²) in [6.07, 6.45) is 11.8. The Bertz CT molecular complexity index is 2200. The quantitative estimate of drug-likeness (QED) is 0.0944. The zero-order chi connectivity index (χ0) is 55.3. The van der Waals surface area contributed by atoms with Crippen molar-refractivity contribution in [2.24, 2.45) is 34.0 Å². The van der Waals surface area contributed by atoms with Gasteiger partial charge in [0, 0.05) is 93.5 Å². The predicted octanol–water partition coefficient (Wildman–Crippen LogP) is 6.97. The monoisotopic (exact) mass is 1030 g/mol. The molecule has 3 aromatic carbocycles. The molecule has 6 rings (SSSR count). The molecule has 0 fully saturated rings. The van der Waals surface area contributed by atoms with Gasteiger partial charge in [0.15, 0.2) is 0 Å². The number of carbonyl (C=O) groups excluding carboxylic acids is 9. The lowest BCUT2D eigenvalue weighted by Gasteiger charge is -2.26. The molecule has 0 saturated heterocycles. The Morgan fingerprint density at radius 2 is 0.560 bits per heavy atom. The van der Waals surface area contributed by atoms with Crippen LogP contribution in [0, 0.1) is 34.0 Å². The van der Waals surface area contributed by atoms with E-state index in [1.807, 2.05) is 91.0 Å². The predicted molar refractivity (Wildman–Crippen MR) is 290 cm³/mol. The molecule has 75 heavy (non-hydrogen) atoms. The number of carbonyl (C=O) groups is 9. The summed E-state index contributed by atoms with van der Waals surface area (Å²) in [5.41, 5.74) is 3.47. The molecular weight excluding hydrogens is 949 g/mol. The summed E-state index contributed by atoms with van der Waals surface area (Å²) in [7, 11) is 0. The first kappa shape index (κ1) is 60.3. The topological polar surface area (TPSA) is 199 Å². The van der Waals surface area contributed by atoms with Crippen LogP contribution in [0.5, 0.6) is 0 Å². The molecule has 402 valence electrons. The summed E-state index contributed by atoms with van der Waals surface area (Å²) in [4.78, 5) is 111. The molecule has 3 atom stereocenters. The van der Waals surface area contributed by atoms with Gasteiger partial charge in [-0.2, -0.15) is 0 Å². The highest BCUT2D eigenvalue weighted by atomic mass is 16.2. The van der Waals surface area contributed by atoms with Crippen molar-refractivity contribution >= 4 is 53.2 Å². The highest BCUT2D eigenvalue weighted by Crippen LogP contribution is 2.29. The van der Waals surface area contributed by atoms with E-state index in [1.54, 1.807) is 0 Å². The smallest absolute Gasteiger partial charge is 0.253 e. The van der Waals surface area contributed by atoms with Crippen molar-refractivity contribution in [3.05, 3.63) is 144 Å². The number of benzene rings is 3. The second-order valence-electron chi connectivity index (χ2n) is 22.8. The second-order valence-corrected chi connectivity index (χ2v) is 22.8. The fraction of sp³-hybridized carbons (Fsp3) is 0.450. The third kappa shape index (κ3) is 22.0. The van der Waals surface area contributed by atoms with Crippen LogP contribution in [-0.4, -0.2) is 107 Å². The van der Waals surface area contributed by atoms with Gasteiger partial charge in [-0.05, 0) is 71.5 Å². The Morgan fingerprint density at radius 1 is 0.360 bits per heavy atom. The molecule has 3 aromatic rings. The molecule has 15 nitrogen and oxygen atoms in total. The third-order valence-corrected chi connectivity index (χ3v) is 12.3. The lowest BCUT2D eigenvalue weighted by atomic mass is 9.81. The van der Waals surface area contributed by atoms with Gasteiger partial charge in [-0.1, -0.05) is 153 Å². The molecule has 0 spiro atoms. The molecule has 1 unspecified atom stereocenters. The number of imide groups is 3. The van der Waals surface area contributed by atoms with E-state index in [-0.39, 0.29) is 126 Å². The Morgan fingerprint density at radius 3 is 0.747 bits per heavy atom. The Balaban J connectivity index is 0.000000243. The lowest BCUT2D eigenvalue weighted by molar-refractivity contribution is -0.138. The number of nitrogens with zero attached hydrogens (tertiary/aromatic N) is 3. The maximum atomic E-state index is 12.6. The summed E-state index contributed by atoms with van der Waals surface area (Å²) < 4.78 is 0. The first-order valence-electron chi connectivity index (χ1n) is 25.8. The van der Waals surface area contributed by atoms with E-state index in [2.05, 4.69) is 78.3 Å². The van der Waals surface area contributed by atoms with Crippen LogP contribution in [0.1, 0.15) is 98.3 Å². The Hall–Kier alpha value is -7.29. The van der Waals surface area contributed by atoms with Gasteiger partial charge in [0.2, 0.25) is 17.7 Å². The normalized spacial score (nSPS) is 15.6. The largest absolute Gasteiger partial charge is 0.354 e. The molecular formula is C60H78N6O9. The minimum Gasteiger partial charge on any atom is -0.354 e. The molecule has 15 heteroatoms. The molecule has 0 radical (unpaired) electrons. The first-order chi connectivity index (χ1) is 35.3. The second kappa shape index (κ2) is 28.4. The SMILES string of the molecule is CC(C)(C)CC(Cc1ccccc1)C(=O)NCCN1C(=O)C=CC1=O.CC(C)(C)C[C@@H](Cc1ccccc1)C(=O)NCCN1C(=O)C=CC1=O.CC(C)(C)C[C@H](Cc1ccccc1)C(=O)NCCN1C(=O)C=CC1=O.